The molecule has 2 aromatic heterocycles. The number of nitrogens with zero attached hydrogens (tertiary/aromatic N) is 1. The van der Waals surface area contributed by atoms with E-state index in [9.17, 15) is 4.79 Å². The monoisotopic (exact) mass is 417 g/mol. The van der Waals surface area contributed by atoms with Crippen LogP contribution in [0, 0.1) is 6.92 Å². The Morgan fingerprint density at radius 3 is 2.60 bits per heavy atom. The maximum absolute atomic E-state index is 12.9. The van der Waals surface area contributed by atoms with Crippen molar-refractivity contribution < 1.29 is 14.3 Å². The Labute approximate surface area is 177 Å². The van der Waals surface area contributed by atoms with Crippen LogP contribution in [-0.2, 0) is 0 Å². The summed E-state index contributed by atoms with van der Waals surface area (Å²) in [5.41, 5.74) is 10.4. The molecule has 0 spiro atoms. The predicted octanol–water partition coefficient (Wildman–Crippen LogP) is 4.88. The standard InChI is InChI=1S/C23H19N3O3S/c1-13-2-4-14(5-3-13)17-8-7-16-20(24)21(30-23(16)26-17)22(27)25-15-6-9-18-19(12-15)29-11-10-28-18/h2-9,12H,10-11,24H2,1H3,(H,25,27). The fourth-order valence-corrected chi connectivity index (χ4v) is 4.35. The lowest BCUT2D eigenvalue weighted by Crippen LogP contribution is -2.16. The Morgan fingerprint density at radius 1 is 1.03 bits per heavy atom. The van der Waals surface area contributed by atoms with Gasteiger partial charge in [0.15, 0.2) is 11.5 Å². The molecule has 0 atom stereocenters. The summed E-state index contributed by atoms with van der Waals surface area (Å²) in [4.78, 5) is 18.8. The van der Waals surface area contributed by atoms with Gasteiger partial charge in [0, 0.05) is 22.7 Å². The molecule has 6 nitrogen and oxygen atoms in total. The number of hydrogen-bond acceptors (Lipinski definition) is 6. The topological polar surface area (TPSA) is 86.5 Å². The number of hydrogen-bond donors (Lipinski definition) is 2. The van der Waals surface area contributed by atoms with Crippen molar-refractivity contribution in [3.8, 4) is 22.8 Å². The SMILES string of the molecule is Cc1ccc(-c2ccc3c(N)c(C(=O)Nc4ccc5c(c4)OCCO5)sc3n2)cc1. The maximum Gasteiger partial charge on any atom is 0.267 e. The molecule has 7 heteroatoms. The fraction of sp³-hybridized carbons (Fsp3) is 0.130. The van der Waals surface area contributed by atoms with E-state index in [0.717, 1.165) is 21.5 Å². The number of pyridine rings is 1. The summed E-state index contributed by atoms with van der Waals surface area (Å²) in [7, 11) is 0. The number of aromatic nitrogens is 1. The molecule has 1 amide bonds. The van der Waals surface area contributed by atoms with Gasteiger partial charge in [0.05, 0.1) is 11.4 Å². The Hall–Kier alpha value is -3.58. The number of amides is 1. The highest BCUT2D eigenvalue weighted by Crippen LogP contribution is 2.36. The first-order chi connectivity index (χ1) is 14.6. The number of fused-ring (bicyclic) bond motifs is 2. The van der Waals surface area contributed by atoms with Crippen molar-refractivity contribution in [1.82, 2.24) is 4.98 Å². The Balaban J connectivity index is 1.44. The lowest BCUT2D eigenvalue weighted by molar-refractivity contribution is 0.103. The van der Waals surface area contributed by atoms with E-state index in [0.29, 0.717) is 41.0 Å². The number of benzene rings is 2. The van der Waals surface area contributed by atoms with Crippen molar-refractivity contribution in [3.05, 3.63) is 65.0 Å². The van der Waals surface area contributed by atoms with Crippen LogP contribution in [0.15, 0.2) is 54.6 Å². The van der Waals surface area contributed by atoms with Crippen LogP contribution in [0.3, 0.4) is 0 Å². The number of aryl methyl sites for hydroxylation is 1. The zero-order valence-corrected chi connectivity index (χ0v) is 17.1. The normalized spacial score (nSPS) is 12.7. The zero-order chi connectivity index (χ0) is 20.7. The maximum atomic E-state index is 12.9. The second-order valence-electron chi connectivity index (χ2n) is 7.07. The van der Waals surface area contributed by atoms with Crippen LogP contribution >= 0.6 is 11.3 Å². The highest BCUT2D eigenvalue weighted by molar-refractivity contribution is 7.21. The van der Waals surface area contributed by atoms with E-state index in [4.69, 9.17) is 20.2 Å². The lowest BCUT2D eigenvalue weighted by atomic mass is 10.1. The average molecular weight is 417 g/mol. The minimum atomic E-state index is -0.274. The van der Waals surface area contributed by atoms with E-state index >= 15 is 0 Å². The summed E-state index contributed by atoms with van der Waals surface area (Å²) >= 11 is 1.29. The molecule has 150 valence electrons. The predicted molar refractivity (Wildman–Crippen MR) is 120 cm³/mol. The molecule has 0 saturated heterocycles. The molecule has 2 aromatic carbocycles. The quantitative estimate of drug-likeness (QED) is 0.496. The van der Waals surface area contributed by atoms with Crippen molar-refractivity contribution in [2.45, 2.75) is 6.92 Å². The Kier molecular flexibility index (Phi) is 4.52. The van der Waals surface area contributed by atoms with Crippen LogP contribution in [-0.4, -0.2) is 24.1 Å². The van der Waals surface area contributed by atoms with Crippen molar-refractivity contribution in [2.24, 2.45) is 0 Å². The molecule has 30 heavy (non-hydrogen) atoms. The number of nitrogens with one attached hydrogen (secondary N) is 1. The van der Waals surface area contributed by atoms with Crippen molar-refractivity contribution in [3.63, 3.8) is 0 Å². The van der Waals surface area contributed by atoms with Crippen LogP contribution < -0.4 is 20.5 Å². The van der Waals surface area contributed by atoms with E-state index in [-0.39, 0.29) is 5.91 Å². The molecular weight excluding hydrogens is 398 g/mol. The molecular formula is C23H19N3O3S. The second-order valence-corrected chi connectivity index (χ2v) is 8.07. The Morgan fingerprint density at radius 2 is 1.80 bits per heavy atom. The third kappa shape index (κ3) is 3.33. The first-order valence-electron chi connectivity index (χ1n) is 9.55. The second kappa shape index (κ2) is 7.35. The highest BCUT2D eigenvalue weighted by atomic mass is 32.1. The van der Waals surface area contributed by atoms with E-state index in [1.54, 1.807) is 18.2 Å². The molecule has 0 fully saturated rings. The first-order valence-corrected chi connectivity index (χ1v) is 10.4. The molecule has 4 aromatic rings. The van der Waals surface area contributed by atoms with E-state index < -0.39 is 0 Å². The summed E-state index contributed by atoms with van der Waals surface area (Å²) in [6.45, 7) is 3.06. The van der Waals surface area contributed by atoms with Gasteiger partial charge in [0.2, 0.25) is 0 Å². The molecule has 5 rings (SSSR count). The number of carbonyl (C=O) groups excluding carboxylic acids is 1. The third-order valence-electron chi connectivity index (χ3n) is 4.95. The number of ether oxygens (including phenoxy) is 2. The third-order valence-corrected chi connectivity index (χ3v) is 6.06. The summed E-state index contributed by atoms with van der Waals surface area (Å²) in [5.74, 6) is 1.02. The number of rotatable bonds is 3. The lowest BCUT2D eigenvalue weighted by Gasteiger charge is -2.18. The summed E-state index contributed by atoms with van der Waals surface area (Å²) in [6, 6.07) is 17.3. The van der Waals surface area contributed by atoms with Gasteiger partial charge in [-0.15, -0.1) is 11.3 Å². The summed E-state index contributed by atoms with van der Waals surface area (Å²) in [6.07, 6.45) is 0. The van der Waals surface area contributed by atoms with Crippen LogP contribution in [0.4, 0.5) is 11.4 Å². The summed E-state index contributed by atoms with van der Waals surface area (Å²) in [5, 5.41) is 3.67. The van der Waals surface area contributed by atoms with Crippen molar-refractivity contribution >= 4 is 38.8 Å². The molecule has 0 radical (unpaired) electrons. The van der Waals surface area contributed by atoms with Gasteiger partial charge in [0.1, 0.15) is 22.9 Å². The van der Waals surface area contributed by atoms with Gasteiger partial charge >= 0.3 is 0 Å². The van der Waals surface area contributed by atoms with Crippen LogP contribution in [0.2, 0.25) is 0 Å². The zero-order valence-electron chi connectivity index (χ0n) is 16.3. The molecule has 0 unspecified atom stereocenters. The van der Waals surface area contributed by atoms with Crippen LogP contribution in [0.25, 0.3) is 21.5 Å². The molecule has 3 heterocycles. The minimum Gasteiger partial charge on any atom is -0.486 e. The smallest absolute Gasteiger partial charge is 0.267 e. The van der Waals surface area contributed by atoms with E-state index in [1.807, 2.05) is 31.2 Å². The molecule has 1 aliphatic rings. The molecule has 1 aliphatic heterocycles. The van der Waals surface area contributed by atoms with Crippen molar-refractivity contribution in [2.75, 3.05) is 24.3 Å². The van der Waals surface area contributed by atoms with Crippen LogP contribution in [0.5, 0.6) is 11.5 Å². The number of nitrogen functional groups attached to an aromatic ring is 1. The number of anilines is 2. The van der Waals surface area contributed by atoms with Crippen molar-refractivity contribution in [1.29, 1.82) is 0 Å². The molecule has 0 saturated carbocycles. The Bertz CT molecular complexity index is 1260. The van der Waals surface area contributed by atoms with E-state index in [2.05, 4.69) is 17.4 Å². The molecule has 0 bridgehead atoms. The number of nitrogens with two attached hydrogens (primary N) is 1. The minimum absolute atomic E-state index is 0.274. The number of thiophene rings is 1. The fourth-order valence-electron chi connectivity index (χ4n) is 3.36. The van der Waals surface area contributed by atoms with E-state index in [1.165, 1.54) is 16.9 Å². The van der Waals surface area contributed by atoms with Gasteiger partial charge < -0.3 is 20.5 Å². The van der Waals surface area contributed by atoms with Crippen LogP contribution in [0.1, 0.15) is 15.2 Å². The first kappa shape index (κ1) is 18.4. The highest BCUT2D eigenvalue weighted by Gasteiger charge is 2.19. The molecule has 3 N–H and O–H groups in total. The van der Waals surface area contributed by atoms with Gasteiger partial charge in [-0.3, -0.25) is 4.79 Å². The molecule has 0 aliphatic carbocycles. The van der Waals surface area contributed by atoms with Gasteiger partial charge in [-0.05, 0) is 31.2 Å². The van der Waals surface area contributed by atoms with Gasteiger partial charge in [-0.25, -0.2) is 4.98 Å². The average Bonchev–Trinajstić information content (AvgIpc) is 3.10. The van der Waals surface area contributed by atoms with Gasteiger partial charge in [-0.2, -0.15) is 0 Å². The largest absolute Gasteiger partial charge is 0.486 e. The van der Waals surface area contributed by atoms with Gasteiger partial charge in [-0.1, -0.05) is 29.8 Å². The van der Waals surface area contributed by atoms with Gasteiger partial charge in [0.25, 0.3) is 5.91 Å². The number of carbonyl (C=O) groups is 1. The summed E-state index contributed by atoms with van der Waals surface area (Å²) < 4.78 is 11.1.